The smallest absolute Gasteiger partial charge is 0.317 e. The number of unbranched alkanes of at least 4 members (excludes halogenated alkanes) is 5. The molecule has 1 fully saturated rings. The third-order valence-electron chi connectivity index (χ3n) is 2.92. The van der Waals surface area contributed by atoms with Crippen LogP contribution in [-0.4, -0.2) is 11.9 Å². The number of hydrogen-bond acceptors (Lipinski definition) is 3. The van der Waals surface area contributed by atoms with Crippen LogP contribution in [0.2, 0.25) is 0 Å². The summed E-state index contributed by atoms with van der Waals surface area (Å²) in [5.41, 5.74) is 0. The van der Waals surface area contributed by atoms with E-state index in [-0.39, 0.29) is 24.3 Å². The lowest BCUT2D eigenvalue weighted by Crippen LogP contribution is -2.06. The molecule has 0 radical (unpaired) electrons. The minimum absolute atomic E-state index is 0.166. The molecule has 1 saturated heterocycles. The number of carbonyl (C=O) groups is 2. The maximum absolute atomic E-state index is 11.1. The summed E-state index contributed by atoms with van der Waals surface area (Å²) in [5, 5.41) is 0. The first-order chi connectivity index (χ1) is 7.74. The molecular formula is C13H20O3. The molecule has 0 N–H and O–H groups in total. The first kappa shape index (κ1) is 12.9. The van der Waals surface area contributed by atoms with Crippen LogP contribution in [0.5, 0.6) is 0 Å². The fraction of sp³-hybridized carbons (Fsp3) is 0.692. The van der Waals surface area contributed by atoms with Gasteiger partial charge in [0.15, 0.2) is 0 Å². The zero-order valence-electron chi connectivity index (χ0n) is 9.74. The standard InChI is InChI=1S/C13H20O3/c1-2-3-4-5-6-7-8-9-11-10-12(14)16-13(11)15/h2,11H,1,3-10H2. The van der Waals surface area contributed by atoms with Gasteiger partial charge in [0, 0.05) is 0 Å². The van der Waals surface area contributed by atoms with E-state index < -0.39 is 0 Å². The maximum atomic E-state index is 11.1. The minimum Gasteiger partial charge on any atom is -0.393 e. The van der Waals surface area contributed by atoms with Gasteiger partial charge in [-0.1, -0.05) is 31.8 Å². The largest absolute Gasteiger partial charge is 0.393 e. The Morgan fingerprint density at radius 1 is 1.19 bits per heavy atom. The Labute approximate surface area is 96.9 Å². The van der Waals surface area contributed by atoms with Crippen LogP contribution in [0, 0.1) is 5.92 Å². The highest BCUT2D eigenvalue weighted by Crippen LogP contribution is 2.22. The summed E-state index contributed by atoms with van der Waals surface area (Å²) in [6, 6.07) is 0. The Kier molecular flexibility index (Phi) is 5.83. The molecule has 0 aromatic rings. The van der Waals surface area contributed by atoms with Gasteiger partial charge in [-0.25, -0.2) is 0 Å². The maximum Gasteiger partial charge on any atom is 0.317 e. The highest BCUT2D eigenvalue weighted by atomic mass is 16.6. The van der Waals surface area contributed by atoms with Gasteiger partial charge in [0.25, 0.3) is 0 Å². The summed E-state index contributed by atoms with van der Waals surface area (Å²) in [4.78, 5) is 22.0. The number of carbonyl (C=O) groups excluding carboxylic acids is 2. The lowest BCUT2D eigenvalue weighted by Gasteiger charge is -2.03. The molecule has 3 nitrogen and oxygen atoms in total. The van der Waals surface area contributed by atoms with Crippen molar-refractivity contribution in [3.63, 3.8) is 0 Å². The molecule has 1 aliphatic rings. The second-order valence-electron chi connectivity index (χ2n) is 4.33. The summed E-state index contributed by atoms with van der Waals surface area (Å²) in [6.07, 6.45) is 9.89. The van der Waals surface area contributed by atoms with E-state index >= 15 is 0 Å². The summed E-state index contributed by atoms with van der Waals surface area (Å²) in [5.74, 6) is -0.849. The first-order valence-corrected chi connectivity index (χ1v) is 6.09. The van der Waals surface area contributed by atoms with Crippen molar-refractivity contribution >= 4 is 11.9 Å². The predicted octanol–water partition coefficient (Wildman–Crippen LogP) is 2.99. The van der Waals surface area contributed by atoms with Crippen molar-refractivity contribution < 1.29 is 14.3 Å². The molecule has 0 saturated carbocycles. The molecule has 1 rings (SSSR count). The fourth-order valence-corrected chi connectivity index (χ4v) is 1.95. The molecule has 1 atom stereocenters. The van der Waals surface area contributed by atoms with E-state index in [0.717, 1.165) is 25.7 Å². The first-order valence-electron chi connectivity index (χ1n) is 6.09. The highest BCUT2D eigenvalue weighted by Gasteiger charge is 2.32. The average Bonchev–Trinajstić information content (AvgIpc) is 2.56. The molecule has 0 spiro atoms. The van der Waals surface area contributed by atoms with Gasteiger partial charge in [0.2, 0.25) is 0 Å². The summed E-state index contributed by atoms with van der Waals surface area (Å²) in [7, 11) is 0. The molecule has 0 amide bonds. The Bertz CT molecular complexity index is 258. The number of hydrogen-bond donors (Lipinski definition) is 0. The van der Waals surface area contributed by atoms with Crippen molar-refractivity contribution in [1.29, 1.82) is 0 Å². The van der Waals surface area contributed by atoms with E-state index in [1.165, 1.54) is 19.3 Å². The highest BCUT2D eigenvalue weighted by molar-refractivity contribution is 5.94. The van der Waals surface area contributed by atoms with E-state index in [2.05, 4.69) is 11.3 Å². The van der Waals surface area contributed by atoms with Gasteiger partial charge in [-0.05, 0) is 19.3 Å². The van der Waals surface area contributed by atoms with Crippen LogP contribution < -0.4 is 0 Å². The van der Waals surface area contributed by atoms with Gasteiger partial charge in [-0.2, -0.15) is 0 Å². The Morgan fingerprint density at radius 2 is 1.88 bits per heavy atom. The predicted molar refractivity (Wildman–Crippen MR) is 61.7 cm³/mol. The van der Waals surface area contributed by atoms with Crippen LogP contribution in [-0.2, 0) is 14.3 Å². The molecule has 16 heavy (non-hydrogen) atoms. The fourth-order valence-electron chi connectivity index (χ4n) is 1.95. The van der Waals surface area contributed by atoms with Gasteiger partial charge < -0.3 is 4.74 Å². The van der Waals surface area contributed by atoms with Crippen LogP contribution in [0.4, 0.5) is 0 Å². The van der Waals surface area contributed by atoms with Crippen LogP contribution >= 0.6 is 0 Å². The summed E-state index contributed by atoms with van der Waals surface area (Å²) < 4.78 is 4.50. The van der Waals surface area contributed by atoms with Crippen molar-refractivity contribution in [1.82, 2.24) is 0 Å². The Morgan fingerprint density at radius 3 is 2.50 bits per heavy atom. The van der Waals surface area contributed by atoms with E-state index in [1.807, 2.05) is 6.08 Å². The third-order valence-corrected chi connectivity index (χ3v) is 2.92. The zero-order chi connectivity index (χ0) is 11.8. The molecular weight excluding hydrogens is 204 g/mol. The Hall–Kier alpha value is -1.12. The monoisotopic (exact) mass is 224 g/mol. The molecule has 1 heterocycles. The van der Waals surface area contributed by atoms with Crippen LogP contribution in [0.15, 0.2) is 12.7 Å². The molecule has 0 aliphatic carbocycles. The molecule has 90 valence electrons. The van der Waals surface area contributed by atoms with Gasteiger partial charge >= 0.3 is 11.9 Å². The summed E-state index contributed by atoms with van der Waals surface area (Å²) >= 11 is 0. The van der Waals surface area contributed by atoms with E-state index in [1.54, 1.807) is 0 Å². The second-order valence-corrected chi connectivity index (χ2v) is 4.33. The number of rotatable bonds is 8. The lowest BCUT2D eigenvalue weighted by atomic mass is 9.99. The molecule has 3 heteroatoms. The lowest BCUT2D eigenvalue weighted by molar-refractivity contribution is -0.153. The molecule has 1 aliphatic heterocycles. The van der Waals surface area contributed by atoms with Gasteiger partial charge in [0.1, 0.15) is 0 Å². The normalized spacial score (nSPS) is 19.9. The van der Waals surface area contributed by atoms with Gasteiger partial charge in [0.05, 0.1) is 12.3 Å². The molecule has 1 unspecified atom stereocenters. The van der Waals surface area contributed by atoms with Crippen molar-refractivity contribution in [2.24, 2.45) is 5.92 Å². The topological polar surface area (TPSA) is 43.4 Å². The van der Waals surface area contributed by atoms with Crippen LogP contribution in [0.25, 0.3) is 0 Å². The van der Waals surface area contributed by atoms with Crippen LogP contribution in [0.3, 0.4) is 0 Å². The summed E-state index contributed by atoms with van der Waals surface area (Å²) in [6.45, 7) is 3.68. The van der Waals surface area contributed by atoms with E-state index in [9.17, 15) is 9.59 Å². The Balaban J connectivity index is 1.97. The average molecular weight is 224 g/mol. The number of cyclic esters (lactones) is 2. The van der Waals surface area contributed by atoms with Crippen molar-refractivity contribution in [3.8, 4) is 0 Å². The molecule has 0 aromatic heterocycles. The molecule has 0 bridgehead atoms. The minimum atomic E-state index is -0.360. The van der Waals surface area contributed by atoms with Crippen LogP contribution in [0.1, 0.15) is 51.4 Å². The third kappa shape index (κ3) is 4.60. The van der Waals surface area contributed by atoms with Crippen molar-refractivity contribution in [3.05, 3.63) is 12.7 Å². The second kappa shape index (κ2) is 7.20. The zero-order valence-corrected chi connectivity index (χ0v) is 9.74. The number of allylic oxidation sites excluding steroid dienone is 1. The van der Waals surface area contributed by atoms with Gasteiger partial charge in [-0.15, -0.1) is 6.58 Å². The molecule has 0 aromatic carbocycles. The van der Waals surface area contributed by atoms with Crippen molar-refractivity contribution in [2.75, 3.05) is 0 Å². The van der Waals surface area contributed by atoms with E-state index in [0.29, 0.717) is 0 Å². The number of esters is 2. The van der Waals surface area contributed by atoms with E-state index in [4.69, 9.17) is 0 Å². The quantitative estimate of drug-likeness (QED) is 0.275. The van der Waals surface area contributed by atoms with Crippen molar-refractivity contribution in [2.45, 2.75) is 51.4 Å². The SMILES string of the molecule is C=CCCCCCCCC1CC(=O)OC1=O. The van der Waals surface area contributed by atoms with Gasteiger partial charge in [-0.3, -0.25) is 9.59 Å². The number of ether oxygens (including phenoxy) is 1.